The van der Waals surface area contributed by atoms with Gasteiger partial charge in [0.25, 0.3) is 0 Å². The lowest BCUT2D eigenvalue weighted by molar-refractivity contribution is 0.914. The van der Waals surface area contributed by atoms with Gasteiger partial charge in [0, 0.05) is 35.4 Å². The van der Waals surface area contributed by atoms with Crippen molar-refractivity contribution in [2.75, 3.05) is 6.54 Å². The van der Waals surface area contributed by atoms with E-state index in [0.717, 1.165) is 34.2 Å². The van der Waals surface area contributed by atoms with Crippen molar-refractivity contribution in [2.24, 2.45) is 16.6 Å². The third-order valence-corrected chi connectivity index (χ3v) is 6.47. The van der Waals surface area contributed by atoms with Crippen molar-refractivity contribution in [1.82, 2.24) is 24.8 Å². The Hall–Kier alpha value is -3.39. The van der Waals surface area contributed by atoms with Gasteiger partial charge in [-0.15, -0.1) is 21.5 Å². The summed E-state index contributed by atoms with van der Waals surface area (Å²) in [6.07, 6.45) is 6.69. The van der Waals surface area contributed by atoms with Gasteiger partial charge in [0.15, 0.2) is 11.5 Å². The Labute approximate surface area is 184 Å². The van der Waals surface area contributed by atoms with Gasteiger partial charge in [-0.05, 0) is 74.2 Å². The molecule has 156 valence electrons. The van der Waals surface area contributed by atoms with E-state index in [-0.39, 0.29) is 0 Å². The first-order valence-electron chi connectivity index (χ1n) is 10.3. The highest BCUT2D eigenvalue weighted by atomic mass is 32.1. The van der Waals surface area contributed by atoms with E-state index in [1.807, 2.05) is 37.5 Å². The molecule has 2 N–H and O–H groups in total. The van der Waals surface area contributed by atoms with E-state index in [2.05, 4.69) is 51.4 Å². The molecule has 0 amide bonds. The minimum Gasteiger partial charge on any atom is -0.402 e. The van der Waals surface area contributed by atoms with E-state index in [1.165, 1.54) is 10.4 Å². The summed E-state index contributed by atoms with van der Waals surface area (Å²) in [6, 6.07) is 12.1. The SMILES string of the molecule is CCN=C(/C=C(\N)C1CC1c1ccncc1)c1ccc2nnc(-c3ccc(C)s3)n2n1. The molecule has 5 rings (SSSR count). The molecule has 1 saturated carbocycles. The lowest BCUT2D eigenvalue weighted by Crippen LogP contribution is -2.10. The van der Waals surface area contributed by atoms with Crippen LogP contribution in [0.3, 0.4) is 0 Å². The number of pyridine rings is 1. The number of aryl methyl sites for hydroxylation is 1. The fourth-order valence-electron chi connectivity index (χ4n) is 3.81. The van der Waals surface area contributed by atoms with Gasteiger partial charge in [-0.2, -0.15) is 9.61 Å². The second kappa shape index (κ2) is 8.03. The predicted molar refractivity (Wildman–Crippen MR) is 123 cm³/mol. The average molecular weight is 430 g/mol. The summed E-state index contributed by atoms with van der Waals surface area (Å²) in [6.45, 7) is 4.74. The molecule has 0 aliphatic heterocycles. The Morgan fingerprint density at radius 2 is 2.03 bits per heavy atom. The monoisotopic (exact) mass is 429 g/mol. The van der Waals surface area contributed by atoms with Crippen LogP contribution in [0.4, 0.5) is 0 Å². The lowest BCUT2D eigenvalue weighted by atomic mass is 10.1. The van der Waals surface area contributed by atoms with E-state index in [0.29, 0.717) is 24.0 Å². The fraction of sp³-hybridized carbons (Fsp3) is 0.261. The van der Waals surface area contributed by atoms with Crippen molar-refractivity contribution in [3.05, 3.63) is 76.7 Å². The third-order valence-electron chi connectivity index (χ3n) is 5.47. The first-order chi connectivity index (χ1) is 15.1. The highest BCUT2D eigenvalue weighted by Crippen LogP contribution is 2.50. The van der Waals surface area contributed by atoms with Crippen LogP contribution in [0, 0.1) is 12.8 Å². The first kappa shape index (κ1) is 19.6. The maximum absolute atomic E-state index is 6.50. The maximum Gasteiger partial charge on any atom is 0.195 e. The van der Waals surface area contributed by atoms with E-state index in [4.69, 9.17) is 10.8 Å². The molecule has 0 aromatic carbocycles. The number of aromatic nitrogens is 5. The Bertz CT molecular complexity index is 1290. The molecule has 0 spiro atoms. The number of allylic oxidation sites excluding steroid dienone is 2. The minimum absolute atomic E-state index is 0.327. The molecule has 2 atom stereocenters. The van der Waals surface area contributed by atoms with Crippen LogP contribution in [0.15, 0.2) is 65.6 Å². The van der Waals surface area contributed by atoms with Gasteiger partial charge in [-0.25, -0.2) is 0 Å². The molecule has 7 nitrogen and oxygen atoms in total. The normalized spacial score (nSPS) is 19.2. The second-order valence-corrected chi connectivity index (χ2v) is 8.94. The molecule has 1 aliphatic rings. The molecule has 0 bridgehead atoms. The first-order valence-corrected chi connectivity index (χ1v) is 11.2. The maximum atomic E-state index is 6.50. The van der Waals surface area contributed by atoms with Gasteiger partial charge in [0.1, 0.15) is 5.69 Å². The van der Waals surface area contributed by atoms with E-state index >= 15 is 0 Å². The van der Waals surface area contributed by atoms with Crippen molar-refractivity contribution in [3.63, 3.8) is 0 Å². The quantitative estimate of drug-likeness (QED) is 0.467. The number of nitrogens with two attached hydrogens (primary N) is 1. The lowest BCUT2D eigenvalue weighted by Gasteiger charge is -2.06. The minimum atomic E-state index is 0.327. The number of hydrogen-bond donors (Lipinski definition) is 1. The number of hydrogen-bond acceptors (Lipinski definition) is 7. The predicted octanol–water partition coefficient (Wildman–Crippen LogP) is 4.01. The number of thiophene rings is 1. The van der Waals surface area contributed by atoms with Crippen molar-refractivity contribution in [2.45, 2.75) is 26.2 Å². The van der Waals surface area contributed by atoms with Crippen LogP contribution in [0.2, 0.25) is 0 Å². The van der Waals surface area contributed by atoms with E-state index in [9.17, 15) is 0 Å². The van der Waals surface area contributed by atoms with E-state index in [1.54, 1.807) is 15.9 Å². The summed E-state index contributed by atoms with van der Waals surface area (Å²) < 4.78 is 1.78. The standard InChI is InChI=1S/C23H23N7S/c1-3-26-20(13-18(24)17-12-16(17)15-8-10-25-11-9-15)19-5-7-22-27-28-23(30(22)29-19)21-6-4-14(2)31-21/h4-11,13,16-17H,3,12,24H2,1-2H3/b18-13-,26-20?. The zero-order valence-corrected chi connectivity index (χ0v) is 18.3. The van der Waals surface area contributed by atoms with E-state index < -0.39 is 0 Å². The van der Waals surface area contributed by atoms with Gasteiger partial charge in [-0.1, -0.05) is 0 Å². The zero-order valence-electron chi connectivity index (χ0n) is 17.4. The molecule has 0 saturated heterocycles. The van der Waals surface area contributed by atoms with Gasteiger partial charge in [-0.3, -0.25) is 9.98 Å². The van der Waals surface area contributed by atoms with Gasteiger partial charge < -0.3 is 5.73 Å². The highest BCUT2D eigenvalue weighted by Gasteiger charge is 2.40. The number of aliphatic imine (C=N–C) groups is 1. The third kappa shape index (κ3) is 3.86. The summed E-state index contributed by atoms with van der Waals surface area (Å²) in [5, 5.41) is 13.4. The van der Waals surface area contributed by atoms with Gasteiger partial charge in [0.2, 0.25) is 0 Å². The molecule has 31 heavy (non-hydrogen) atoms. The molecular formula is C23H23N7S. The Kier molecular flexibility index (Phi) is 5.07. The molecule has 8 heteroatoms. The second-order valence-electron chi connectivity index (χ2n) is 7.66. The largest absolute Gasteiger partial charge is 0.402 e. The average Bonchev–Trinajstić information content (AvgIpc) is 3.31. The van der Waals surface area contributed by atoms with Crippen LogP contribution in [-0.2, 0) is 0 Å². The van der Waals surface area contributed by atoms with Crippen LogP contribution < -0.4 is 5.73 Å². The number of nitrogens with zero attached hydrogens (tertiary/aromatic N) is 6. The van der Waals surface area contributed by atoms with Gasteiger partial charge in [0.05, 0.1) is 10.6 Å². The molecule has 4 aromatic rings. The van der Waals surface area contributed by atoms with Crippen LogP contribution in [0.1, 0.15) is 35.4 Å². The Balaban J connectivity index is 1.47. The molecule has 2 unspecified atom stereocenters. The molecule has 0 radical (unpaired) electrons. The molecule has 4 aromatic heterocycles. The Morgan fingerprint density at radius 1 is 1.19 bits per heavy atom. The summed E-state index contributed by atoms with van der Waals surface area (Å²) >= 11 is 1.68. The molecule has 1 fully saturated rings. The fourth-order valence-corrected chi connectivity index (χ4v) is 4.65. The Morgan fingerprint density at radius 3 is 2.77 bits per heavy atom. The molecular weight excluding hydrogens is 406 g/mol. The molecule has 4 heterocycles. The number of rotatable bonds is 6. The molecule has 1 aliphatic carbocycles. The topological polar surface area (TPSA) is 94.3 Å². The summed E-state index contributed by atoms with van der Waals surface area (Å²) in [4.78, 5) is 11.0. The van der Waals surface area contributed by atoms with Gasteiger partial charge >= 0.3 is 0 Å². The number of fused-ring (bicyclic) bond motifs is 1. The van der Waals surface area contributed by atoms with Crippen molar-refractivity contribution >= 4 is 22.7 Å². The zero-order chi connectivity index (χ0) is 21.4. The summed E-state index contributed by atoms with van der Waals surface area (Å²) in [7, 11) is 0. The summed E-state index contributed by atoms with van der Waals surface area (Å²) in [5.41, 5.74) is 10.9. The summed E-state index contributed by atoms with van der Waals surface area (Å²) in [5.74, 6) is 1.51. The van der Waals surface area contributed by atoms with Crippen LogP contribution in [0.5, 0.6) is 0 Å². The highest BCUT2D eigenvalue weighted by molar-refractivity contribution is 7.15. The van der Waals surface area contributed by atoms with Crippen molar-refractivity contribution < 1.29 is 0 Å². The van der Waals surface area contributed by atoms with Crippen molar-refractivity contribution in [3.8, 4) is 10.7 Å². The van der Waals surface area contributed by atoms with Crippen molar-refractivity contribution in [1.29, 1.82) is 0 Å². The van der Waals surface area contributed by atoms with Crippen LogP contribution in [-0.4, -0.2) is 37.1 Å². The smallest absolute Gasteiger partial charge is 0.195 e. The van der Waals surface area contributed by atoms with Crippen LogP contribution in [0.25, 0.3) is 16.3 Å². The van der Waals surface area contributed by atoms with Crippen LogP contribution >= 0.6 is 11.3 Å².